The number of thiazole rings is 1. The molecule has 1 aliphatic carbocycles. The lowest BCUT2D eigenvalue weighted by molar-refractivity contribution is -0.117. The number of hydrogen-bond acceptors (Lipinski definition) is 3. The predicted molar refractivity (Wildman–Crippen MR) is 71.5 cm³/mol. The summed E-state index contributed by atoms with van der Waals surface area (Å²) < 4.78 is 0. The third-order valence-electron chi connectivity index (χ3n) is 3.13. The van der Waals surface area contributed by atoms with Gasteiger partial charge in [-0.15, -0.1) is 22.9 Å². The van der Waals surface area contributed by atoms with Gasteiger partial charge < -0.3 is 5.32 Å². The maximum Gasteiger partial charge on any atom is 0.226 e. The SMILES string of the molecule is O=C(CC1CCCCC1)Nc1nc(CCl)cs1. The van der Waals surface area contributed by atoms with E-state index in [-0.39, 0.29) is 5.91 Å². The van der Waals surface area contributed by atoms with E-state index in [4.69, 9.17) is 11.6 Å². The second kappa shape index (κ2) is 6.36. The van der Waals surface area contributed by atoms with Crippen molar-refractivity contribution in [3.63, 3.8) is 0 Å². The normalized spacial score (nSPS) is 17.0. The molecule has 1 aromatic rings. The van der Waals surface area contributed by atoms with Crippen LogP contribution in [0.1, 0.15) is 44.2 Å². The van der Waals surface area contributed by atoms with Gasteiger partial charge in [-0.05, 0) is 18.8 Å². The first kappa shape index (κ1) is 12.8. The zero-order valence-electron chi connectivity index (χ0n) is 9.75. The number of carbonyl (C=O) groups is 1. The van der Waals surface area contributed by atoms with Gasteiger partial charge in [-0.25, -0.2) is 4.98 Å². The van der Waals surface area contributed by atoms with Gasteiger partial charge in [0.25, 0.3) is 0 Å². The van der Waals surface area contributed by atoms with Gasteiger partial charge in [0.15, 0.2) is 5.13 Å². The van der Waals surface area contributed by atoms with Gasteiger partial charge in [0, 0.05) is 11.8 Å². The molecule has 1 N–H and O–H groups in total. The fraction of sp³-hybridized carbons (Fsp3) is 0.667. The third-order valence-corrected chi connectivity index (χ3v) is 4.21. The third kappa shape index (κ3) is 3.96. The molecule has 0 unspecified atom stereocenters. The van der Waals surface area contributed by atoms with E-state index >= 15 is 0 Å². The van der Waals surface area contributed by atoms with E-state index in [1.165, 1.54) is 43.4 Å². The Bertz CT molecular complexity index is 374. The van der Waals surface area contributed by atoms with Crippen LogP contribution in [-0.4, -0.2) is 10.9 Å². The number of hydrogen-bond donors (Lipinski definition) is 1. The van der Waals surface area contributed by atoms with Crippen molar-refractivity contribution >= 4 is 34.0 Å². The Morgan fingerprint density at radius 2 is 2.24 bits per heavy atom. The second-order valence-corrected chi connectivity index (χ2v) is 5.66. The molecule has 1 saturated carbocycles. The lowest BCUT2D eigenvalue weighted by Gasteiger charge is -2.20. The average molecular weight is 273 g/mol. The zero-order chi connectivity index (χ0) is 12.1. The largest absolute Gasteiger partial charge is 0.302 e. The molecule has 1 aliphatic rings. The number of aromatic nitrogens is 1. The summed E-state index contributed by atoms with van der Waals surface area (Å²) in [6.07, 6.45) is 6.88. The highest BCUT2D eigenvalue weighted by molar-refractivity contribution is 7.13. The molecule has 0 aliphatic heterocycles. The Morgan fingerprint density at radius 3 is 2.88 bits per heavy atom. The van der Waals surface area contributed by atoms with Crippen molar-refractivity contribution in [3.8, 4) is 0 Å². The Morgan fingerprint density at radius 1 is 1.47 bits per heavy atom. The molecule has 0 atom stereocenters. The molecular formula is C12H17ClN2OS. The Labute approximate surface area is 111 Å². The molecule has 0 spiro atoms. The Kier molecular flexibility index (Phi) is 4.80. The van der Waals surface area contributed by atoms with Crippen molar-refractivity contribution < 1.29 is 4.79 Å². The first-order valence-corrected chi connectivity index (χ1v) is 7.49. The van der Waals surface area contributed by atoms with Crippen LogP contribution >= 0.6 is 22.9 Å². The van der Waals surface area contributed by atoms with Crippen molar-refractivity contribution in [2.75, 3.05) is 5.32 Å². The van der Waals surface area contributed by atoms with E-state index in [0.717, 1.165) is 5.69 Å². The molecule has 94 valence electrons. The molecular weight excluding hydrogens is 256 g/mol. The molecule has 1 heterocycles. The van der Waals surface area contributed by atoms with Crippen LogP contribution in [0.5, 0.6) is 0 Å². The first-order valence-electron chi connectivity index (χ1n) is 6.08. The number of amides is 1. The van der Waals surface area contributed by atoms with Crippen LogP contribution in [-0.2, 0) is 10.7 Å². The minimum absolute atomic E-state index is 0.0902. The maximum atomic E-state index is 11.8. The number of alkyl halides is 1. The van der Waals surface area contributed by atoms with Crippen molar-refractivity contribution in [1.29, 1.82) is 0 Å². The summed E-state index contributed by atoms with van der Waals surface area (Å²) >= 11 is 7.10. The standard InChI is InChI=1S/C12H17ClN2OS/c13-7-10-8-17-12(14-10)15-11(16)6-9-4-2-1-3-5-9/h8-9H,1-7H2,(H,14,15,16). The summed E-state index contributed by atoms with van der Waals surface area (Å²) in [5.41, 5.74) is 0.824. The topological polar surface area (TPSA) is 42.0 Å². The van der Waals surface area contributed by atoms with Crippen LogP contribution in [0, 0.1) is 5.92 Å². The highest BCUT2D eigenvalue weighted by Crippen LogP contribution is 2.27. The highest BCUT2D eigenvalue weighted by atomic mass is 35.5. The number of halogens is 1. The van der Waals surface area contributed by atoms with Crippen LogP contribution in [0.2, 0.25) is 0 Å². The fourth-order valence-electron chi connectivity index (χ4n) is 2.25. The minimum atomic E-state index is 0.0902. The van der Waals surface area contributed by atoms with E-state index in [0.29, 0.717) is 23.4 Å². The second-order valence-electron chi connectivity index (χ2n) is 4.53. The van der Waals surface area contributed by atoms with Gasteiger partial charge in [0.2, 0.25) is 5.91 Å². The molecule has 0 aromatic carbocycles. The quantitative estimate of drug-likeness (QED) is 0.848. The predicted octanol–water partition coefficient (Wildman–Crippen LogP) is 3.79. The average Bonchev–Trinajstić information content (AvgIpc) is 2.78. The Balaban J connectivity index is 1.79. The van der Waals surface area contributed by atoms with Crippen LogP contribution in [0.15, 0.2) is 5.38 Å². The molecule has 1 amide bonds. The van der Waals surface area contributed by atoms with Gasteiger partial charge >= 0.3 is 0 Å². The van der Waals surface area contributed by atoms with Crippen molar-refractivity contribution in [2.45, 2.75) is 44.4 Å². The van der Waals surface area contributed by atoms with Crippen LogP contribution in [0.25, 0.3) is 0 Å². The molecule has 2 rings (SSSR count). The summed E-state index contributed by atoms with van der Waals surface area (Å²) in [7, 11) is 0. The lowest BCUT2D eigenvalue weighted by Crippen LogP contribution is -2.18. The van der Waals surface area contributed by atoms with Gasteiger partial charge in [-0.2, -0.15) is 0 Å². The van der Waals surface area contributed by atoms with Crippen molar-refractivity contribution in [2.24, 2.45) is 5.92 Å². The van der Waals surface area contributed by atoms with E-state index in [1.807, 2.05) is 5.38 Å². The molecule has 1 aromatic heterocycles. The molecule has 0 bridgehead atoms. The minimum Gasteiger partial charge on any atom is -0.302 e. The summed E-state index contributed by atoms with van der Waals surface area (Å²) in [5.74, 6) is 1.05. The molecule has 0 radical (unpaired) electrons. The van der Waals surface area contributed by atoms with E-state index in [2.05, 4.69) is 10.3 Å². The van der Waals surface area contributed by atoms with E-state index < -0.39 is 0 Å². The van der Waals surface area contributed by atoms with Crippen LogP contribution in [0.3, 0.4) is 0 Å². The lowest BCUT2D eigenvalue weighted by atomic mass is 9.87. The maximum absolute atomic E-state index is 11.8. The number of anilines is 1. The van der Waals surface area contributed by atoms with Crippen LogP contribution in [0.4, 0.5) is 5.13 Å². The van der Waals surface area contributed by atoms with Crippen molar-refractivity contribution in [1.82, 2.24) is 4.98 Å². The molecule has 5 heteroatoms. The molecule has 1 fully saturated rings. The number of nitrogens with zero attached hydrogens (tertiary/aromatic N) is 1. The molecule has 17 heavy (non-hydrogen) atoms. The number of carbonyl (C=O) groups excluding carboxylic acids is 1. The van der Waals surface area contributed by atoms with Crippen LogP contribution < -0.4 is 5.32 Å². The summed E-state index contributed by atoms with van der Waals surface area (Å²) in [5, 5.41) is 5.40. The van der Waals surface area contributed by atoms with E-state index in [9.17, 15) is 4.79 Å². The van der Waals surface area contributed by atoms with Gasteiger partial charge in [0.1, 0.15) is 0 Å². The molecule has 3 nitrogen and oxygen atoms in total. The molecule has 0 saturated heterocycles. The Hall–Kier alpha value is -0.610. The summed E-state index contributed by atoms with van der Waals surface area (Å²) in [6, 6.07) is 0. The van der Waals surface area contributed by atoms with Gasteiger partial charge in [0.05, 0.1) is 11.6 Å². The monoisotopic (exact) mass is 272 g/mol. The van der Waals surface area contributed by atoms with E-state index in [1.54, 1.807) is 0 Å². The smallest absolute Gasteiger partial charge is 0.226 e. The van der Waals surface area contributed by atoms with Gasteiger partial charge in [-0.1, -0.05) is 19.3 Å². The number of nitrogens with one attached hydrogen (secondary N) is 1. The zero-order valence-corrected chi connectivity index (χ0v) is 11.3. The van der Waals surface area contributed by atoms with Gasteiger partial charge in [-0.3, -0.25) is 4.79 Å². The summed E-state index contributed by atoms with van der Waals surface area (Å²) in [6.45, 7) is 0. The fourth-order valence-corrected chi connectivity index (χ4v) is 3.20. The highest BCUT2D eigenvalue weighted by Gasteiger charge is 2.17. The number of rotatable bonds is 4. The first-order chi connectivity index (χ1) is 8.28. The van der Waals surface area contributed by atoms with Crippen molar-refractivity contribution in [3.05, 3.63) is 11.1 Å². The summed E-state index contributed by atoms with van der Waals surface area (Å²) in [4.78, 5) is 16.0.